The second kappa shape index (κ2) is 6.56. The Morgan fingerprint density at radius 1 is 1.48 bits per heavy atom. The number of esters is 1. The van der Waals surface area contributed by atoms with Crippen LogP contribution in [0.1, 0.15) is 31.7 Å². The fourth-order valence-corrected chi connectivity index (χ4v) is 2.75. The quantitative estimate of drug-likeness (QED) is 0.484. The van der Waals surface area contributed by atoms with Crippen LogP contribution < -0.4 is 4.90 Å². The highest BCUT2D eigenvalue weighted by Crippen LogP contribution is 2.29. The molecule has 1 saturated heterocycles. The summed E-state index contributed by atoms with van der Waals surface area (Å²) in [6.07, 6.45) is 2.76. The summed E-state index contributed by atoms with van der Waals surface area (Å²) >= 11 is 0. The molecule has 1 atom stereocenters. The zero-order valence-electron chi connectivity index (χ0n) is 12.4. The van der Waals surface area contributed by atoms with Gasteiger partial charge in [0.1, 0.15) is 6.04 Å². The van der Waals surface area contributed by atoms with E-state index in [1.54, 1.807) is 26.0 Å². The van der Waals surface area contributed by atoms with Crippen LogP contribution in [0.3, 0.4) is 0 Å². The Morgan fingerprint density at radius 3 is 2.86 bits per heavy atom. The Hall–Kier alpha value is -2.11. The first kappa shape index (κ1) is 15.3. The lowest BCUT2D eigenvalue weighted by Gasteiger charge is -2.35. The molecule has 0 aromatic heterocycles. The fraction of sp³-hybridized carbons (Fsp3) is 0.533. The lowest BCUT2D eigenvalue weighted by molar-refractivity contribution is -0.385. The molecule has 1 aliphatic heterocycles. The predicted molar refractivity (Wildman–Crippen MR) is 79.5 cm³/mol. The average molecular weight is 292 g/mol. The van der Waals surface area contributed by atoms with E-state index in [9.17, 15) is 14.9 Å². The van der Waals surface area contributed by atoms with E-state index in [1.807, 2.05) is 4.90 Å². The molecule has 6 heteroatoms. The SMILES string of the molecule is CCOC(=O)C1CCCCN1c1ccc([N+](=O)[O-])c(C)c1. The first-order valence-electron chi connectivity index (χ1n) is 7.23. The number of benzene rings is 1. The van der Waals surface area contributed by atoms with Crippen molar-refractivity contribution in [2.75, 3.05) is 18.1 Å². The number of rotatable bonds is 4. The summed E-state index contributed by atoms with van der Waals surface area (Å²) in [4.78, 5) is 24.6. The molecule has 0 amide bonds. The molecule has 0 bridgehead atoms. The van der Waals surface area contributed by atoms with Gasteiger partial charge in [-0.2, -0.15) is 0 Å². The number of hydrogen-bond acceptors (Lipinski definition) is 5. The summed E-state index contributed by atoms with van der Waals surface area (Å²) in [5, 5.41) is 10.9. The number of carbonyl (C=O) groups excluding carboxylic acids is 1. The monoisotopic (exact) mass is 292 g/mol. The third-order valence-corrected chi connectivity index (χ3v) is 3.77. The molecule has 6 nitrogen and oxygen atoms in total. The van der Waals surface area contributed by atoms with Crippen molar-refractivity contribution in [1.29, 1.82) is 0 Å². The van der Waals surface area contributed by atoms with Crippen molar-refractivity contribution in [3.05, 3.63) is 33.9 Å². The van der Waals surface area contributed by atoms with E-state index in [4.69, 9.17) is 4.74 Å². The van der Waals surface area contributed by atoms with Crippen LogP contribution in [-0.4, -0.2) is 30.1 Å². The van der Waals surface area contributed by atoms with Gasteiger partial charge in [-0.3, -0.25) is 10.1 Å². The van der Waals surface area contributed by atoms with Crippen LogP contribution in [0.25, 0.3) is 0 Å². The van der Waals surface area contributed by atoms with Gasteiger partial charge in [0.15, 0.2) is 0 Å². The van der Waals surface area contributed by atoms with Crippen molar-refractivity contribution in [3.63, 3.8) is 0 Å². The van der Waals surface area contributed by atoms with E-state index < -0.39 is 4.92 Å². The van der Waals surface area contributed by atoms with Crippen molar-refractivity contribution in [3.8, 4) is 0 Å². The van der Waals surface area contributed by atoms with Crippen molar-refractivity contribution in [2.45, 2.75) is 39.2 Å². The molecule has 0 spiro atoms. The largest absolute Gasteiger partial charge is 0.464 e. The third kappa shape index (κ3) is 3.32. The van der Waals surface area contributed by atoms with Crippen LogP contribution in [0.2, 0.25) is 0 Å². The molecular weight excluding hydrogens is 272 g/mol. The zero-order valence-corrected chi connectivity index (χ0v) is 12.4. The number of nitro benzene ring substituents is 1. The second-order valence-corrected chi connectivity index (χ2v) is 5.18. The van der Waals surface area contributed by atoms with Crippen molar-refractivity contribution < 1.29 is 14.5 Å². The highest BCUT2D eigenvalue weighted by Gasteiger charge is 2.30. The van der Waals surface area contributed by atoms with Gasteiger partial charge in [-0.1, -0.05) is 0 Å². The maximum absolute atomic E-state index is 12.1. The van der Waals surface area contributed by atoms with Gasteiger partial charge in [-0.15, -0.1) is 0 Å². The van der Waals surface area contributed by atoms with Crippen molar-refractivity contribution >= 4 is 17.3 Å². The summed E-state index contributed by atoms with van der Waals surface area (Å²) in [6.45, 7) is 4.63. The molecule has 1 fully saturated rings. The Bertz CT molecular complexity index is 544. The number of hydrogen-bond donors (Lipinski definition) is 0. The number of carbonyl (C=O) groups is 1. The van der Waals surface area contributed by atoms with E-state index in [-0.39, 0.29) is 17.7 Å². The maximum atomic E-state index is 12.1. The van der Waals surface area contributed by atoms with Crippen LogP contribution in [0.5, 0.6) is 0 Å². The topological polar surface area (TPSA) is 72.7 Å². The van der Waals surface area contributed by atoms with Crippen LogP contribution in [0, 0.1) is 17.0 Å². The van der Waals surface area contributed by atoms with Crippen LogP contribution in [0.15, 0.2) is 18.2 Å². The van der Waals surface area contributed by atoms with E-state index in [2.05, 4.69) is 0 Å². The smallest absolute Gasteiger partial charge is 0.328 e. The number of nitro groups is 1. The molecule has 21 heavy (non-hydrogen) atoms. The molecule has 1 unspecified atom stereocenters. The molecular formula is C15H20N2O4. The summed E-state index contributed by atoms with van der Waals surface area (Å²) in [7, 11) is 0. The number of nitrogens with zero attached hydrogens (tertiary/aromatic N) is 2. The average Bonchev–Trinajstić information content (AvgIpc) is 2.47. The zero-order chi connectivity index (χ0) is 15.4. The van der Waals surface area contributed by atoms with E-state index >= 15 is 0 Å². The molecule has 2 rings (SSSR count). The van der Waals surface area contributed by atoms with Crippen LogP contribution in [0.4, 0.5) is 11.4 Å². The minimum Gasteiger partial charge on any atom is -0.464 e. The molecule has 1 aromatic rings. The van der Waals surface area contributed by atoms with Gasteiger partial charge in [0, 0.05) is 23.9 Å². The minimum atomic E-state index is -0.391. The first-order valence-corrected chi connectivity index (χ1v) is 7.23. The van der Waals surface area contributed by atoms with Gasteiger partial charge in [0.2, 0.25) is 0 Å². The standard InChI is InChI=1S/C15H20N2O4/c1-3-21-15(18)14-6-4-5-9-16(14)12-7-8-13(17(19)20)11(2)10-12/h7-8,10,14H,3-6,9H2,1-2H3. The molecule has 1 aliphatic rings. The molecule has 0 aliphatic carbocycles. The lowest BCUT2D eigenvalue weighted by atomic mass is 10.0. The fourth-order valence-electron chi connectivity index (χ4n) is 2.75. The van der Waals surface area contributed by atoms with Gasteiger partial charge in [0.05, 0.1) is 11.5 Å². The number of aryl methyl sites for hydroxylation is 1. The predicted octanol–water partition coefficient (Wildman–Crippen LogP) is 2.83. The van der Waals surface area contributed by atoms with E-state index in [1.165, 1.54) is 6.07 Å². The van der Waals surface area contributed by atoms with Gasteiger partial charge in [0.25, 0.3) is 5.69 Å². The van der Waals surface area contributed by atoms with Crippen molar-refractivity contribution in [1.82, 2.24) is 0 Å². The molecule has 1 aromatic carbocycles. The number of anilines is 1. The molecule has 0 N–H and O–H groups in total. The Labute approximate surface area is 123 Å². The normalized spacial score (nSPS) is 18.4. The Morgan fingerprint density at radius 2 is 2.24 bits per heavy atom. The first-order chi connectivity index (χ1) is 10.0. The van der Waals surface area contributed by atoms with Gasteiger partial charge in [-0.25, -0.2) is 4.79 Å². The Kier molecular flexibility index (Phi) is 4.77. The van der Waals surface area contributed by atoms with Gasteiger partial charge in [-0.05, 0) is 45.2 Å². The summed E-state index contributed by atoms with van der Waals surface area (Å²) in [5.41, 5.74) is 1.55. The molecule has 0 radical (unpaired) electrons. The van der Waals surface area contributed by atoms with Crippen LogP contribution >= 0.6 is 0 Å². The van der Waals surface area contributed by atoms with Gasteiger partial charge < -0.3 is 9.64 Å². The minimum absolute atomic E-state index is 0.100. The van der Waals surface area contributed by atoms with E-state index in [0.717, 1.165) is 31.5 Å². The Balaban J connectivity index is 2.27. The van der Waals surface area contributed by atoms with Crippen LogP contribution in [-0.2, 0) is 9.53 Å². The number of ether oxygens (including phenoxy) is 1. The van der Waals surface area contributed by atoms with Crippen molar-refractivity contribution in [2.24, 2.45) is 0 Å². The third-order valence-electron chi connectivity index (χ3n) is 3.77. The molecule has 0 saturated carbocycles. The highest BCUT2D eigenvalue weighted by molar-refractivity contribution is 5.80. The second-order valence-electron chi connectivity index (χ2n) is 5.18. The molecule has 114 valence electrons. The number of piperidine rings is 1. The lowest BCUT2D eigenvalue weighted by Crippen LogP contribution is -2.45. The van der Waals surface area contributed by atoms with E-state index in [0.29, 0.717) is 12.2 Å². The summed E-state index contributed by atoms with van der Waals surface area (Å²) in [6, 6.07) is 4.69. The maximum Gasteiger partial charge on any atom is 0.328 e. The molecule has 1 heterocycles. The summed E-state index contributed by atoms with van der Waals surface area (Å²) < 4.78 is 5.14. The summed E-state index contributed by atoms with van der Waals surface area (Å²) in [5.74, 6) is -0.215. The van der Waals surface area contributed by atoms with Gasteiger partial charge >= 0.3 is 5.97 Å². The highest BCUT2D eigenvalue weighted by atomic mass is 16.6.